The highest BCUT2D eigenvalue weighted by atomic mass is 35.5. The Hall–Kier alpha value is -3.10. The fourth-order valence-electron chi connectivity index (χ4n) is 4.16. The molecule has 0 aliphatic carbocycles. The molecule has 208 valence electrons. The lowest BCUT2D eigenvalue weighted by molar-refractivity contribution is -0.147. The number of alkyl carbamates (subject to hydrolysis) is 1. The van der Waals surface area contributed by atoms with Gasteiger partial charge in [-0.1, -0.05) is 47.5 Å². The minimum Gasteiger partial charge on any atom is -0.444 e. The van der Waals surface area contributed by atoms with Crippen molar-refractivity contribution in [2.75, 3.05) is 11.9 Å². The summed E-state index contributed by atoms with van der Waals surface area (Å²) in [5, 5.41) is 15.9. The summed E-state index contributed by atoms with van der Waals surface area (Å²) >= 11 is 6.40. The van der Waals surface area contributed by atoms with Crippen molar-refractivity contribution in [1.82, 2.24) is 10.2 Å². The summed E-state index contributed by atoms with van der Waals surface area (Å²) in [5.74, 6) is -1.12. The number of carbonyl (C=O) groups is 3. The molecule has 38 heavy (non-hydrogen) atoms. The highest BCUT2D eigenvalue weighted by Crippen LogP contribution is 2.34. The number of carbonyl (C=O) groups excluding carboxylic acids is 3. The second kappa shape index (κ2) is 12.2. The average Bonchev–Trinajstić information content (AvgIpc) is 2.76. The van der Waals surface area contributed by atoms with Crippen molar-refractivity contribution in [3.8, 4) is 0 Å². The number of hydrogen-bond donors (Lipinski definition) is 3. The van der Waals surface area contributed by atoms with Crippen molar-refractivity contribution in [3.05, 3.63) is 63.7 Å². The van der Waals surface area contributed by atoms with Gasteiger partial charge in [-0.25, -0.2) is 4.79 Å². The van der Waals surface area contributed by atoms with Crippen LogP contribution in [0.3, 0.4) is 0 Å². The number of nitrogens with one attached hydrogen (secondary N) is 2. The van der Waals surface area contributed by atoms with Gasteiger partial charge >= 0.3 is 6.09 Å². The molecular formula is C29H40ClN3O5. The summed E-state index contributed by atoms with van der Waals surface area (Å²) in [4.78, 5) is 41.9. The van der Waals surface area contributed by atoms with Gasteiger partial charge in [-0.3, -0.25) is 9.59 Å². The number of amides is 3. The standard InChI is InChI=1S/C29H40ClN3O5/c1-17-13-14-20(19(3)15-17)24(25(35)32-23-18(2)11-10-12-21(23)30)33(28(4,5)6)26(36)22(16-34)31-27(37)38-29(7,8)9/h10-15,22,24,34H,16H2,1-9H3,(H,31,37)(H,32,35). The highest BCUT2D eigenvalue weighted by molar-refractivity contribution is 6.34. The molecule has 0 heterocycles. The van der Waals surface area contributed by atoms with Crippen LogP contribution in [0, 0.1) is 20.8 Å². The first kappa shape index (κ1) is 31.1. The molecule has 3 amide bonds. The lowest BCUT2D eigenvalue weighted by Gasteiger charge is -2.43. The Balaban J connectivity index is 2.63. The molecule has 0 bridgehead atoms. The van der Waals surface area contributed by atoms with Gasteiger partial charge in [0.15, 0.2) is 0 Å². The van der Waals surface area contributed by atoms with Crippen molar-refractivity contribution < 1.29 is 24.2 Å². The molecule has 0 aliphatic rings. The van der Waals surface area contributed by atoms with Crippen LogP contribution < -0.4 is 10.6 Å². The SMILES string of the molecule is Cc1ccc(C(C(=O)Nc2c(C)cccc2Cl)N(C(=O)C(CO)NC(=O)OC(C)(C)C)C(C)(C)C)c(C)c1. The van der Waals surface area contributed by atoms with Crippen LogP contribution in [0.5, 0.6) is 0 Å². The Morgan fingerprint density at radius 3 is 2.13 bits per heavy atom. The molecule has 2 aromatic carbocycles. The molecule has 0 spiro atoms. The van der Waals surface area contributed by atoms with E-state index in [1.807, 2.05) is 45.0 Å². The first-order valence-corrected chi connectivity index (χ1v) is 12.9. The third-order valence-corrected chi connectivity index (χ3v) is 6.14. The number of halogens is 1. The van der Waals surface area contributed by atoms with Crippen LogP contribution in [-0.2, 0) is 14.3 Å². The number of rotatable bonds is 7. The van der Waals surface area contributed by atoms with E-state index in [-0.39, 0.29) is 0 Å². The zero-order valence-electron chi connectivity index (χ0n) is 23.7. The summed E-state index contributed by atoms with van der Waals surface area (Å²) in [5.41, 5.74) is 1.93. The second-order valence-corrected chi connectivity index (χ2v) is 11.9. The Bertz CT molecular complexity index is 1160. The number of aliphatic hydroxyl groups excluding tert-OH is 1. The van der Waals surface area contributed by atoms with Crippen LogP contribution in [0.4, 0.5) is 10.5 Å². The summed E-state index contributed by atoms with van der Waals surface area (Å²) in [6.45, 7) is 15.4. The third-order valence-electron chi connectivity index (χ3n) is 5.83. The number of hydrogen-bond acceptors (Lipinski definition) is 5. The first-order valence-electron chi connectivity index (χ1n) is 12.5. The molecule has 0 aliphatic heterocycles. The normalized spacial score (nSPS) is 13.3. The van der Waals surface area contributed by atoms with Crippen molar-refractivity contribution in [1.29, 1.82) is 0 Å². The van der Waals surface area contributed by atoms with Gasteiger partial charge in [-0.2, -0.15) is 0 Å². The van der Waals surface area contributed by atoms with Gasteiger partial charge in [-0.15, -0.1) is 0 Å². The first-order chi connectivity index (χ1) is 17.5. The molecule has 9 heteroatoms. The Morgan fingerprint density at radius 2 is 1.63 bits per heavy atom. The number of para-hydroxylation sites is 1. The van der Waals surface area contributed by atoms with E-state index >= 15 is 0 Å². The van der Waals surface area contributed by atoms with Crippen LogP contribution >= 0.6 is 11.6 Å². The summed E-state index contributed by atoms with van der Waals surface area (Å²) in [7, 11) is 0. The maximum atomic E-state index is 14.0. The predicted octanol–water partition coefficient (Wildman–Crippen LogP) is 5.46. The van der Waals surface area contributed by atoms with Gasteiger partial charge < -0.3 is 25.4 Å². The molecule has 0 aromatic heterocycles. The van der Waals surface area contributed by atoms with E-state index in [1.165, 1.54) is 4.90 Å². The minimum absolute atomic E-state index is 0.367. The van der Waals surface area contributed by atoms with Gasteiger partial charge in [0.2, 0.25) is 5.91 Å². The van der Waals surface area contributed by atoms with E-state index in [9.17, 15) is 19.5 Å². The number of ether oxygens (including phenoxy) is 1. The molecule has 2 unspecified atom stereocenters. The van der Waals surface area contributed by atoms with Crippen LogP contribution in [0.25, 0.3) is 0 Å². The van der Waals surface area contributed by atoms with Crippen molar-refractivity contribution in [2.24, 2.45) is 0 Å². The van der Waals surface area contributed by atoms with Crippen LogP contribution in [0.15, 0.2) is 36.4 Å². The van der Waals surface area contributed by atoms with E-state index in [4.69, 9.17) is 16.3 Å². The lowest BCUT2D eigenvalue weighted by atomic mass is 9.92. The van der Waals surface area contributed by atoms with Gasteiger partial charge in [0.25, 0.3) is 5.91 Å². The Labute approximate surface area is 230 Å². The van der Waals surface area contributed by atoms with Gasteiger partial charge in [0.05, 0.1) is 17.3 Å². The molecule has 3 N–H and O–H groups in total. The van der Waals surface area contributed by atoms with E-state index in [2.05, 4.69) is 10.6 Å². The van der Waals surface area contributed by atoms with Crippen molar-refractivity contribution in [3.63, 3.8) is 0 Å². The molecule has 2 aromatic rings. The summed E-state index contributed by atoms with van der Waals surface area (Å²) < 4.78 is 5.29. The van der Waals surface area contributed by atoms with Gasteiger partial charge in [0, 0.05) is 5.54 Å². The van der Waals surface area contributed by atoms with Crippen LogP contribution in [0.2, 0.25) is 5.02 Å². The smallest absolute Gasteiger partial charge is 0.408 e. The highest BCUT2D eigenvalue weighted by Gasteiger charge is 2.42. The quantitative estimate of drug-likeness (QED) is 0.428. The maximum Gasteiger partial charge on any atom is 0.408 e. The van der Waals surface area contributed by atoms with Crippen LogP contribution in [0.1, 0.15) is 69.8 Å². The van der Waals surface area contributed by atoms with E-state index < -0.39 is 47.7 Å². The number of nitrogens with zero attached hydrogens (tertiary/aromatic N) is 1. The molecule has 2 atom stereocenters. The Kier molecular flexibility index (Phi) is 9.97. The second-order valence-electron chi connectivity index (χ2n) is 11.4. The summed E-state index contributed by atoms with van der Waals surface area (Å²) in [6, 6.07) is 8.47. The maximum absolute atomic E-state index is 14.0. The third kappa shape index (κ3) is 7.95. The van der Waals surface area contributed by atoms with E-state index in [0.717, 1.165) is 16.7 Å². The Morgan fingerprint density at radius 1 is 1.00 bits per heavy atom. The number of aryl methyl sites for hydroxylation is 3. The number of anilines is 1. The predicted molar refractivity (Wildman–Crippen MR) is 150 cm³/mol. The topological polar surface area (TPSA) is 108 Å². The number of aliphatic hydroxyl groups is 1. The van der Waals surface area contributed by atoms with Gasteiger partial charge in [-0.05, 0) is 85.1 Å². The molecule has 0 saturated heterocycles. The van der Waals surface area contributed by atoms with Crippen LogP contribution in [-0.4, -0.2) is 51.7 Å². The number of benzene rings is 2. The van der Waals surface area contributed by atoms with Crippen molar-refractivity contribution >= 4 is 35.2 Å². The fraction of sp³-hybridized carbons (Fsp3) is 0.483. The van der Waals surface area contributed by atoms with E-state index in [0.29, 0.717) is 16.3 Å². The molecular weight excluding hydrogens is 506 g/mol. The monoisotopic (exact) mass is 545 g/mol. The van der Waals surface area contributed by atoms with E-state index in [1.54, 1.807) is 53.7 Å². The molecule has 8 nitrogen and oxygen atoms in total. The zero-order chi connectivity index (χ0) is 29.0. The fourth-order valence-corrected chi connectivity index (χ4v) is 4.43. The zero-order valence-corrected chi connectivity index (χ0v) is 24.5. The molecule has 2 rings (SSSR count). The molecule has 0 fully saturated rings. The van der Waals surface area contributed by atoms with Gasteiger partial charge in [0.1, 0.15) is 17.7 Å². The molecule has 0 saturated carbocycles. The minimum atomic E-state index is -1.34. The summed E-state index contributed by atoms with van der Waals surface area (Å²) in [6.07, 6.45) is -0.849. The van der Waals surface area contributed by atoms with Crippen molar-refractivity contribution in [2.45, 2.75) is 85.5 Å². The largest absolute Gasteiger partial charge is 0.444 e. The lowest BCUT2D eigenvalue weighted by Crippen LogP contribution is -2.59. The molecule has 0 radical (unpaired) electrons. The average molecular weight is 546 g/mol.